The van der Waals surface area contributed by atoms with Crippen LogP contribution in [-0.2, 0) is 0 Å². The zero-order valence-corrected chi connectivity index (χ0v) is 21.1. The minimum absolute atomic E-state index is 0. The third-order valence-electron chi connectivity index (χ3n) is 5.54. The summed E-state index contributed by atoms with van der Waals surface area (Å²) >= 11 is 0. The lowest BCUT2D eigenvalue weighted by atomic mass is 10.2. The summed E-state index contributed by atoms with van der Waals surface area (Å²) in [6.07, 6.45) is 3.34. The Balaban J connectivity index is 0.00000408. The van der Waals surface area contributed by atoms with E-state index in [2.05, 4.69) is 61.3 Å². The first-order valence-electron chi connectivity index (χ1n) is 11.6. The summed E-state index contributed by atoms with van der Waals surface area (Å²) in [5.41, 5.74) is 0.727. The van der Waals surface area contributed by atoms with E-state index < -0.39 is 4.92 Å². The molecule has 3 rings (SSSR count). The van der Waals surface area contributed by atoms with Crippen molar-refractivity contribution in [1.82, 2.24) is 24.8 Å². The van der Waals surface area contributed by atoms with Crippen molar-refractivity contribution in [1.29, 1.82) is 0 Å². The molecule has 0 spiro atoms. The second kappa shape index (κ2) is 13.8. The lowest BCUT2D eigenvalue weighted by Gasteiger charge is -2.35. The molecule has 1 saturated heterocycles. The molecule has 0 radical (unpaired) electrons. The number of hydrogen-bond donors (Lipinski definition) is 2. The van der Waals surface area contributed by atoms with E-state index in [1.165, 1.54) is 12.1 Å². The quantitative estimate of drug-likeness (QED) is 0.259. The molecular weight excluding hydrogens is 458 g/mol. The first-order valence-corrected chi connectivity index (χ1v) is 11.6. The maximum absolute atomic E-state index is 10.9. The van der Waals surface area contributed by atoms with E-state index in [1.54, 1.807) is 12.1 Å². The molecule has 0 unspecified atom stereocenters. The molecule has 1 aliphatic heterocycles. The van der Waals surface area contributed by atoms with Crippen molar-refractivity contribution in [2.45, 2.75) is 26.2 Å². The van der Waals surface area contributed by atoms with Gasteiger partial charge in [-0.15, -0.1) is 12.4 Å². The fraction of sp³-hybridized carbons (Fsp3) is 0.591. The van der Waals surface area contributed by atoms with Crippen LogP contribution in [0.15, 0.2) is 24.3 Å². The predicted octanol–water partition coefficient (Wildman–Crippen LogP) is 3.23. The first kappa shape index (κ1) is 27.5. The number of anilines is 4. The Bertz CT molecular complexity index is 890. The number of likely N-dealkylation sites (N-methyl/N-ethyl adjacent to an activating group) is 1. The molecule has 11 nitrogen and oxygen atoms in total. The van der Waals surface area contributed by atoms with Gasteiger partial charge in [-0.1, -0.05) is 19.8 Å². The number of benzene rings is 1. The van der Waals surface area contributed by atoms with Crippen molar-refractivity contribution in [2.75, 3.05) is 75.4 Å². The second-order valence-electron chi connectivity index (χ2n) is 8.48. The van der Waals surface area contributed by atoms with Crippen molar-refractivity contribution >= 4 is 41.6 Å². The molecule has 12 heteroatoms. The van der Waals surface area contributed by atoms with Crippen molar-refractivity contribution < 1.29 is 4.92 Å². The summed E-state index contributed by atoms with van der Waals surface area (Å²) in [4.78, 5) is 31.2. The molecule has 0 saturated carbocycles. The number of nitro benzene ring substituents is 1. The Hall–Kier alpha value is -2.76. The summed E-state index contributed by atoms with van der Waals surface area (Å²) in [5, 5.41) is 17.4. The molecule has 1 fully saturated rings. The van der Waals surface area contributed by atoms with E-state index >= 15 is 0 Å². The van der Waals surface area contributed by atoms with Gasteiger partial charge in [0.1, 0.15) is 0 Å². The maximum atomic E-state index is 10.9. The summed E-state index contributed by atoms with van der Waals surface area (Å²) in [6, 6.07) is 6.22. The molecule has 0 bridgehead atoms. The molecule has 1 aliphatic rings. The van der Waals surface area contributed by atoms with Gasteiger partial charge in [-0.3, -0.25) is 15.0 Å². The van der Waals surface area contributed by atoms with Gasteiger partial charge in [0, 0.05) is 63.6 Å². The molecule has 1 aromatic heterocycles. The highest BCUT2D eigenvalue weighted by atomic mass is 35.5. The van der Waals surface area contributed by atoms with Crippen LogP contribution >= 0.6 is 12.4 Å². The highest BCUT2D eigenvalue weighted by Gasteiger charge is 2.20. The summed E-state index contributed by atoms with van der Waals surface area (Å²) < 4.78 is 0. The van der Waals surface area contributed by atoms with Crippen molar-refractivity contribution in [3.05, 3.63) is 34.4 Å². The fourth-order valence-corrected chi connectivity index (χ4v) is 3.52. The molecule has 188 valence electrons. The van der Waals surface area contributed by atoms with Crippen molar-refractivity contribution in [3.63, 3.8) is 0 Å². The van der Waals surface area contributed by atoms with Gasteiger partial charge in [0.05, 0.1) is 4.92 Å². The van der Waals surface area contributed by atoms with E-state index in [1.807, 2.05) is 0 Å². The molecular formula is C22H36ClN9O2. The van der Waals surface area contributed by atoms with E-state index in [0.717, 1.165) is 65.1 Å². The molecule has 34 heavy (non-hydrogen) atoms. The smallest absolute Gasteiger partial charge is 0.269 e. The Morgan fingerprint density at radius 1 is 1.03 bits per heavy atom. The number of nitro groups is 1. The van der Waals surface area contributed by atoms with Crippen LogP contribution in [0.5, 0.6) is 0 Å². The van der Waals surface area contributed by atoms with E-state index in [9.17, 15) is 10.1 Å². The molecule has 2 heterocycles. The van der Waals surface area contributed by atoms with Crippen LogP contribution in [0.1, 0.15) is 26.2 Å². The van der Waals surface area contributed by atoms with Crippen molar-refractivity contribution in [2.24, 2.45) is 0 Å². The van der Waals surface area contributed by atoms with Gasteiger partial charge in [-0.25, -0.2) is 0 Å². The number of piperazine rings is 1. The second-order valence-corrected chi connectivity index (χ2v) is 8.48. The number of rotatable bonds is 12. The predicted molar refractivity (Wildman–Crippen MR) is 139 cm³/mol. The maximum Gasteiger partial charge on any atom is 0.269 e. The van der Waals surface area contributed by atoms with Gasteiger partial charge in [-0.05, 0) is 32.6 Å². The molecule has 2 N–H and O–H groups in total. The monoisotopic (exact) mass is 493 g/mol. The number of hydrogen-bond acceptors (Lipinski definition) is 10. The summed E-state index contributed by atoms with van der Waals surface area (Å²) in [7, 11) is 4.19. The van der Waals surface area contributed by atoms with Crippen LogP contribution in [-0.4, -0.2) is 89.6 Å². The summed E-state index contributed by atoms with van der Waals surface area (Å²) in [5.74, 6) is 1.59. The normalized spacial score (nSPS) is 14.1. The summed E-state index contributed by atoms with van der Waals surface area (Å²) in [6.45, 7) is 8.69. The van der Waals surface area contributed by atoms with Crippen LogP contribution in [0.25, 0.3) is 0 Å². The highest BCUT2D eigenvalue weighted by molar-refractivity contribution is 5.85. The Morgan fingerprint density at radius 2 is 1.71 bits per heavy atom. The van der Waals surface area contributed by atoms with Crippen LogP contribution in [0.3, 0.4) is 0 Å². The largest absolute Gasteiger partial charge is 0.354 e. The zero-order valence-electron chi connectivity index (χ0n) is 20.2. The van der Waals surface area contributed by atoms with Gasteiger partial charge in [0.25, 0.3) is 5.69 Å². The molecule has 0 aliphatic carbocycles. The van der Waals surface area contributed by atoms with Crippen LogP contribution in [0.2, 0.25) is 0 Å². The average molecular weight is 494 g/mol. The van der Waals surface area contributed by atoms with Gasteiger partial charge in [0.2, 0.25) is 17.8 Å². The topological polar surface area (TPSA) is 116 Å². The fourth-order valence-electron chi connectivity index (χ4n) is 3.52. The van der Waals surface area contributed by atoms with E-state index in [4.69, 9.17) is 0 Å². The molecule has 0 atom stereocenters. The van der Waals surface area contributed by atoms with E-state index in [0.29, 0.717) is 23.5 Å². The first-order chi connectivity index (χ1) is 15.9. The standard InChI is InChI=1S/C22H35N9O2.ClH/c1-4-5-6-11-23-20-25-21(24-18-7-9-19(10-8-18)31(32)33)27-22(26-20)30-16-14-29(15-17-30)13-12-28(2)3;/h7-10H,4-6,11-17H2,1-3H3,(H2,23,24,25,26,27);1H. The van der Waals surface area contributed by atoms with Crippen LogP contribution < -0.4 is 15.5 Å². The number of unbranched alkanes of at least 4 members (excludes halogenated alkanes) is 2. The minimum Gasteiger partial charge on any atom is -0.354 e. The number of nitrogens with one attached hydrogen (secondary N) is 2. The van der Waals surface area contributed by atoms with Crippen LogP contribution in [0, 0.1) is 10.1 Å². The highest BCUT2D eigenvalue weighted by Crippen LogP contribution is 2.21. The van der Waals surface area contributed by atoms with Crippen molar-refractivity contribution in [3.8, 4) is 0 Å². The molecule has 1 aromatic carbocycles. The Kier molecular flexibility index (Phi) is 11.2. The van der Waals surface area contributed by atoms with Gasteiger partial charge in [-0.2, -0.15) is 15.0 Å². The lowest BCUT2D eigenvalue weighted by Crippen LogP contribution is -2.48. The number of aromatic nitrogens is 3. The zero-order chi connectivity index (χ0) is 23.6. The minimum atomic E-state index is -0.415. The van der Waals surface area contributed by atoms with Gasteiger partial charge < -0.3 is 20.4 Å². The third-order valence-corrected chi connectivity index (χ3v) is 5.54. The number of non-ortho nitro benzene ring substituents is 1. The number of halogens is 1. The molecule has 0 amide bonds. The molecule has 2 aromatic rings. The Labute approximate surface area is 207 Å². The SMILES string of the molecule is CCCCCNc1nc(Nc2ccc([N+](=O)[O-])cc2)nc(N2CCN(CCN(C)C)CC2)n1.Cl. The van der Waals surface area contributed by atoms with Gasteiger partial charge in [0.15, 0.2) is 0 Å². The number of nitrogens with zero attached hydrogens (tertiary/aromatic N) is 7. The third kappa shape index (κ3) is 8.54. The average Bonchev–Trinajstić information content (AvgIpc) is 2.81. The lowest BCUT2D eigenvalue weighted by molar-refractivity contribution is -0.384. The Morgan fingerprint density at radius 3 is 2.32 bits per heavy atom. The van der Waals surface area contributed by atoms with Crippen LogP contribution in [0.4, 0.5) is 29.2 Å². The van der Waals surface area contributed by atoms with E-state index in [-0.39, 0.29) is 18.1 Å². The van der Waals surface area contributed by atoms with Gasteiger partial charge >= 0.3 is 0 Å².